The summed E-state index contributed by atoms with van der Waals surface area (Å²) in [5.41, 5.74) is 4.71. The lowest BCUT2D eigenvalue weighted by Gasteiger charge is -2.31. The molecule has 1 aliphatic rings. The zero-order valence-electron chi connectivity index (χ0n) is 21.3. The van der Waals surface area contributed by atoms with Crippen molar-refractivity contribution in [3.8, 4) is 16.9 Å². The summed E-state index contributed by atoms with van der Waals surface area (Å²) in [6, 6.07) is 22.9. The van der Waals surface area contributed by atoms with Crippen molar-refractivity contribution < 1.29 is 4.79 Å². The molecular formula is C29H25BrN8O. The van der Waals surface area contributed by atoms with Gasteiger partial charge in [0.15, 0.2) is 0 Å². The Morgan fingerprint density at radius 3 is 2.44 bits per heavy atom. The monoisotopic (exact) mass is 580 g/mol. The number of carbonyl (C=O) groups excluding carboxylic acids is 1. The van der Waals surface area contributed by atoms with Gasteiger partial charge in [-0.1, -0.05) is 62.4 Å². The van der Waals surface area contributed by atoms with E-state index in [0.717, 1.165) is 32.7 Å². The molecule has 0 fully saturated rings. The number of allylic oxidation sites excluding steroid dienone is 1. The summed E-state index contributed by atoms with van der Waals surface area (Å²) in [6.45, 7) is 4.09. The second-order valence-electron chi connectivity index (χ2n) is 9.43. The molecule has 4 heterocycles. The quantitative estimate of drug-likeness (QED) is 0.261. The number of hydrogen-bond acceptors (Lipinski definition) is 6. The molecule has 0 saturated carbocycles. The Balaban J connectivity index is 1.56. The molecule has 1 unspecified atom stereocenters. The number of halogens is 1. The van der Waals surface area contributed by atoms with E-state index in [2.05, 4.69) is 41.6 Å². The van der Waals surface area contributed by atoms with Crippen LogP contribution in [0.1, 0.15) is 25.5 Å². The van der Waals surface area contributed by atoms with Gasteiger partial charge >= 0.3 is 0 Å². The number of anilines is 2. The number of rotatable bonds is 6. The summed E-state index contributed by atoms with van der Waals surface area (Å²) in [5, 5.41) is 15.9. The first-order valence-corrected chi connectivity index (χ1v) is 13.3. The molecular weight excluding hydrogens is 556 g/mol. The fourth-order valence-electron chi connectivity index (χ4n) is 4.73. The fourth-order valence-corrected chi connectivity index (χ4v) is 4.96. The standard InChI is InChI=1S/C29H25BrN8O/c1-18(2)25-24(28(39)34-23-14-13-20(30)15-31-23)27(38-29(35-25)32-17-33-38)22-16-37(21-11-7-4-8-12-21)36-26(22)19-9-5-3-6-10-19/h3-18,27H,1-2H3,(H,31,34,39)(H,32,33,35). The maximum Gasteiger partial charge on any atom is 0.257 e. The van der Waals surface area contributed by atoms with E-state index in [4.69, 9.17) is 5.10 Å². The maximum atomic E-state index is 14.1. The molecule has 9 nitrogen and oxygen atoms in total. The van der Waals surface area contributed by atoms with Gasteiger partial charge in [-0.05, 0) is 46.1 Å². The largest absolute Gasteiger partial charge is 0.327 e. The first-order chi connectivity index (χ1) is 19.0. The number of fused-ring (bicyclic) bond motifs is 1. The van der Waals surface area contributed by atoms with Crippen molar-refractivity contribution in [3.05, 3.63) is 113 Å². The highest BCUT2D eigenvalue weighted by molar-refractivity contribution is 9.10. The molecule has 3 aromatic heterocycles. The Labute approximate surface area is 233 Å². The Kier molecular flexibility index (Phi) is 6.54. The smallest absolute Gasteiger partial charge is 0.257 e. The number of benzene rings is 2. The van der Waals surface area contributed by atoms with Crippen LogP contribution in [0.3, 0.4) is 0 Å². The summed E-state index contributed by atoms with van der Waals surface area (Å²) >= 11 is 3.40. The van der Waals surface area contributed by atoms with Crippen LogP contribution in [0.5, 0.6) is 0 Å². The van der Waals surface area contributed by atoms with Gasteiger partial charge in [-0.15, -0.1) is 0 Å². The van der Waals surface area contributed by atoms with E-state index in [1.165, 1.54) is 6.33 Å². The van der Waals surface area contributed by atoms with Crippen LogP contribution in [-0.2, 0) is 4.79 Å². The molecule has 0 radical (unpaired) electrons. The van der Waals surface area contributed by atoms with Gasteiger partial charge in [-0.3, -0.25) is 4.79 Å². The lowest BCUT2D eigenvalue weighted by atomic mass is 9.90. The number of pyridine rings is 1. The first kappa shape index (κ1) is 24.7. The van der Waals surface area contributed by atoms with E-state index in [-0.39, 0.29) is 11.8 Å². The van der Waals surface area contributed by atoms with Crippen molar-refractivity contribution >= 4 is 33.6 Å². The summed E-state index contributed by atoms with van der Waals surface area (Å²) in [5.74, 6) is 0.735. The van der Waals surface area contributed by atoms with E-state index < -0.39 is 6.04 Å². The normalized spacial score (nSPS) is 14.7. The highest BCUT2D eigenvalue weighted by Crippen LogP contribution is 2.41. The van der Waals surface area contributed by atoms with Crippen molar-refractivity contribution in [2.75, 3.05) is 10.6 Å². The third-order valence-electron chi connectivity index (χ3n) is 6.52. The fraction of sp³-hybridized carbons (Fsp3) is 0.138. The van der Waals surface area contributed by atoms with E-state index in [1.807, 2.05) is 91.5 Å². The number of nitrogens with zero attached hydrogens (tertiary/aromatic N) is 6. The van der Waals surface area contributed by atoms with E-state index in [1.54, 1.807) is 16.9 Å². The van der Waals surface area contributed by atoms with Gasteiger partial charge in [0.1, 0.15) is 18.2 Å². The van der Waals surface area contributed by atoms with Crippen LogP contribution in [-0.4, -0.2) is 35.4 Å². The molecule has 5 aromatic rings. The molecule has 10 heteroatoms. The summed E-state index contributed by atoms with van der Waals surface area (Å²) in [6.07, 6.45) is 5.12. The molecule has 0 bridgehead atoms. The summed E-state index contributed by atoms with van der Waals surface area (Å²) in [7, 11) is 0. The van der Waals surface area contributed by atoms with Gasteiger partial charge in [0.25, 0.3) is 5.91 Å². The van der Waals surface area contributed by atoms with Crippen LogP contribution in [0, 0.1) is 5.92 Å². The molecule has 6 rings (SSSR count). The Morgan fingerprint density at radius 2 is 1.74 bits per heavy atom. The molecule has 1 atom stereocenters. The third-order valence-corrected chi connectivity index (χ3v) is 6.99. The predicted octanol–water partition coefficient (Wildman–Crippen LogP) is 5.85. The van der Waals surface area contributed by atoms with Crippen LogP contribution in [0.25, 0.3) is 16.9 Å². The molecule has 2 N–H and O–H groups in total. The SMILES string of the molecule is CC(C)C1=C(C(=O)Nc2ccc(Br)cn2)C(c2cn(-c3ccccc3)nc2-c2ccccc2)n2ncnc2N1. The van der Waals surface area contributed by atoms with Crippen LogP contribution < -0.4 is 10.6 Å². The molecule has 194 valence electrons. The molecule has 1 aliphatic heterocycles. The average molecular weight is 581 g/mol. The number of nitrogens with one attached hydrogen (secondary N) is 2. The van der Waals surface area contributed by atoms with Crippen molar-refractivity contribution in [2.45, 2.75) is 19.9 Å². The summed E-state index contributed by atoms with van der Waals surface area (Å²) < 4.78 is 4.42. The second-order valence-corrected chi connectivity index (χ2v) is 10.3. The molecule has 0 aliphatic carbocycles. The van der Waals surface area contributed by atoms with Gasteiger partial charge < -0.3 is 10.6 Å². The third kappa shape index (κ3) is 4.74. The number of aromatic nitrogens is 6. The highest BCUT2D eigenvalue weighted by atomic mass is 79.9. The van der Waals surface area contributed by atoms with E-state index in [0.29, 0.717) is 17.3 Å². The second kappa shape index (κ2) is 10.3. The lowest BCUT2D eigenvalue weighted by molar-refractivity contribution is -0.113. The molecule has 39 heavy (non-hydrogen) atoms. The maximum absolute atomic E-state index is 14.1. The zero-order chi connectivity index (χ0) is 26.9. The van der Waals surface area contributed by atoms with Gasteiger partial charge in [0.2, 0.25) is 5.95 Å². The van der Waals surface area contributed by atoms with Gasteiger partial charge in [-0.2, -0.15) is 15.2 Å². The minimum atomic E-state index is -0.593. The Bertz CT molecular complexity index is 1660. The highest BCUT2D eigenvalue weighted by Gasteiger charge is 2.38. The Hall–Kier alpha value is -4.57. The van der Waals surface area contributed by atoms with E-state index in [9.17, 15) is 4.79 Å². The van der Waals surface area contributed by atoms with Gasteiger partial charge in [-0.25, -0.2) is 14.3 Å². The molecule has 0 spiro atoms. The number of hydrogen-bond donors (Lipinski definition) is 2. The molecule has 2 aromatic carbocycles. The first-order valence-electron chi connectivity index (χ1n) is 12.5. The Morgan fingerprint density at radius 1 is 1.00 bits per heavy atom. The van der Waals surface area contributed by atoms with Crippen molar-refractivity contribution in [1.82, 2.24) is 29.5 Å². The molecule has 1 amide bonds. The summed E-state index contributed by atoms with van der Waals surface area (Å²) in [4.78, 5) is 22.9. The minimum absolute atomic E-state index is 0.000852. The van der Waals surface area contributed by atoms with Crippen molar-refractivity contribution in [3.63, 3.8) is 0 Å². The zero-order valence-corrected chi connectivity index (χ0v) is 22.9. The van der Waals surface area contributed by atoms with Crippen LogP contribution in [0.2, 0.25) is 0 Å². The number of para-hydroxylation sites is 1. The predicted molar refractivity (Wildman–Crippen MR) is 153 cm³/mol. The van der Waals surface area contributed by atoms with E-state index >= 15 is 0 Å². The van der Waals surface area contributed by atoms with Crippen molar-refractivity contribution in [2.24, 2.45) is 5.92 Å². The van der Waals surface area contributed by atoms with Crippen LogP contribution in [0.4, 0.5) is 11.8 Å². The topological polar surface area (TPSA) is 103 Å². The van der Waals surface area contributed by atoms with Gasteiger partial charge in [0, 0.05) is 33.7 Å². The lowest BCUT2D eigenvalue weighted by Crippen LogP contribution is -2.33. The van der Waals surface area contributed by atoms with Gasteiger partial charge in [0.05, 0.1) is 17.0 Å². The minimum Gasteiger partial charge on any atom is -0.327 e. The van der Waals surface area contributed by atoms with Crippen LogP contribution in [0.15, 0.2) is 107 Å². The number of carbonyl (C=O) groups is 1. The average Bonchev–Trinajstić information content (AvgIpc) is 3.62. The molecule has 0 saturated heterocycles. The van der Waals surface area contributed by atoms with Crippen molar-refractivity contribution in [1.29, 1.82) is 0 Å². The number of amides is 1. The van der Waals surface area contributed by atoms with Crippen LogP contribution >= 0.6 is 15.9 Å².